The lowest BCUT2D eigenvalue weighted by Crippen LogP contribution is -2.42. The van der Waals surface area contributed by atoms with Crippen molar-refractivity contribution in [2.24, 2.45) is 4.99 Å². The van der Waals surface area contributed by atoms with Crippen LogP contribution in [0.1, 0.15) is 58.4 Å². The fraction of sp³-hybridized carbons (Fsp3) is 0.636. The molecule has 1 aliphatic heterocycles. The van der Waals surface area contributed by atoms with Gasteiger partial charge in [0.05, 0.1) is 0 Å². The predicted molar refractivity (Wildman–Crippen MR) is 113 cm³/mol. The second-order valence-electron chi connectivity index (χ2n) is 7.37. The summed E-state index contributed by atoms with van der Waals surface area (Å²) in [5, 5.41) is 6.86. The highest BCUT2D eigenvalue weighted by Crippen LogP contribution is 2.18. The van der Waals surface area contributed by atoms with Crippen molar-refractivity contribution in [3.8, 4) is 0 Å². The first kappa shape index (κ1) is 21.3. The highest BCUT2D eigenvalue weighted by Gasteiger charge is 2.26. The predicted octanol–water partition coefficient (Wildman–Crippen LogP) is 3.35. The average molecular weight is 373 g/mol. The van der Waals surface area contributed by atoms with E-state index in [0.29, 0.717) is 24.4 Å². The van der Waals surface area contributed by atoms with Gasteiger partial charge >= 0.3 is 0 Å². The van der Waals surface area contributed by atoms with Crippen LogP contribution >= 0.6 is 0 Å². The third-order valence-corrected chi connectivity index (χ3v) is 5.19. The van der Waals surface area contributed by atoms with E-state index in [-0.39, 0.29) is 0 Å². The van der Waals surface area contributed by atoms with E-state index >= 15 is 0 Å². The molecule has 0 aliphatic carbocycles. The zero-order valence-electron chi connectivity index (χ0n) is 17.2. The van der Waals surface area contributed by atoms with Gasteiger partial charge in [-0.3, -0.25) is 9.79 Å². The quantitative estimate of drug-likeness (QED) is 0.489. The summed E-state index contributed by atoms with van der Waals surface area (Å²) in [6.45, 7) is 8.95. The lowest BCUT2D eigenvalue weighted by molar-refractivity contribution is -0.129. The molecular formula is C22H36N4O. The van der Waals surface area contributed by atoms with Crippen LogP contribution in [0.4, 0.5) is 0 Å². The molecule has 1 aliphatic rings. The monoisotopic (exact) mass is 372 g/mol. The topological polar surface area (TPSA) is 56.7 Å². The number of hydrogen-bond acceptors (Lipinski definition) is 2. The molecule has 0 bridgehead atoms. The Bertz CT molecular complexity index is 587. The molecule has 5 nitrogen and oxygen atoms in total. The summed E-state index contributed by atoms with van der Waals surface area (Å²) in [4.78, 5) is 18.8. The molecular weight excluding hydrogens is 336 g/mol. The molecule has 0 radical (unpaired) electrons. The average Bonchev–Trinajstić information content (AvgIpc) is 3.10. The maximum Gasteiger partial charge on any atom is 0.222 e. The van der Waals surface area contributed by atoms with E-state index in [4.69, 9.17) is 4.99 Å². The zero-order chi connectivity index (χ0) is 19.5. The third-order valence-electron chi connectivity index (χ3n) is 5.19. The molecule has 27 heavy (non-hydrogen) atoms. The molecule has 1 saturated heterocycles. The van der Waals surface area contributed by atoms with E-state index in [9.17, 15) is 4.79 Å². The number of amides is 1. The van der Waals surface area contributed by atoms with Crippen molar-refractivity contribution < 1.29 is 4.79 Å². The Hall–Kier alpha value is -2.04. The van der Waals surface area contributed by atoms with Crippen molar-refractivity contribution in [1.82, 2.24) is 15.5 Å². The number of nitrogens with one attached hydrogen (secondary N) is 2. The molecule has 1 aromatic rings. The molecule has 1 amide bonds. The lowest BCUT2D eigenvalue weighted by atomic mass is 10.1. The molecule has 1 heterocycles. The number of aliphatic imine (C=N–C) groups is 1. The van der Waals surface area contributed by atoms with Gasteiger partial charge in [0.1, 0.15) is 0 Å². The normalized spacial score (nSPS) is 17.1. The van der Waals surface area contributed by atoms with Crippen molar-refractivity contribution in [3.63, 3.8) is 0 Å². The Morgan fingerprint density at radius 2 is 2.00 bits per heavy atom. The second kappa shape index (κ2) is 11.6. The Kier molecular flexibility index (Phi) is 9.16. The van der Waals surface area contributed by atoms with Crippen molar-refractivity contribution in [1.29, 1.82) is 0 Å². The Morgan fingerprint density at radius 3 is 2.63 bits per heavy atom. The number of likely N-dealkylation sites (tertiary alicyclic amines) is 1. The van der Waals surface area contributed by atoms with Crippen LogP contribution < -0.4 is 10.6 Å². The van der Waals surface area contributed by atoms with Crippen LogP contribution in [0.2, 0.25) is 0 Å². The number of aryl methyl sites for hydroxylation is 1. The van der Waals surface area contributed by atoms with Crippen LogP contribution in [0, 0.1) is 0 Å². The highest BCUT2D eigenvalue weighted by molar-refractivity contribution is 5.80. The molecule has 0 saturated carbocycles. The Labute approximate surface area is 164 Å². The fourth-order valence-corrected chi connectivity index (χ4v) is 3.61. The minimum Gasteiger partial charge on any atom is -0.357 e. The van der Waals surface area contributed by atoms with E-state index in [1.807, 2.05) is 0 Å². The van der Waals surface area contributed by atoms with Crippen molar-refractivity contribution in [3.05, 3.63) is 35.9 Å². The first-order valence-corrected chi connectivity index (χ1v) is 10.5. The summed E-state index contributed by atoms with van der Waals surface area (Å²) in [6.07, 6.45) is 5.76. The summed E-state index contributed by atoms with van der Waals surface area (Å²) in [7, 11) is 0. The number of carbonyl (C=O) groups excluding carboxylic acids is 1. The largest absolute Gasteiger partial charge is 0.357 e. The van der Waals surface area contributed by atoms with E-state index in [1.54, 1.807) is 0 Å². The van der Waals surface area contributed by atoms with Crippen molar-refractivity contribution >= 4 is 11.9 Å². The van der Waals surface area contributed by atoms with Crippen LogP contribution in [-0.2, 0) is 11.2 Å². The number of nitrogens with zero attached hydrogens (tertiary/aromatic N) is 2. The van der Waals surface area contributed by atoms with Gasteiger partial charge in [-0.1, -0.05) is 37.3 Å². The third kappa shape index (κ3) is 7.24. The minimum absolute atomic E-state index is 0.311. The van der Waals surface area contributed by atoms with E-state index in [1.165, 1.54) is 5.56 Å². The molecule has 1 fully saturated rings. The molecule has 0 aromatic heterocycles. The lowest BCUT2D eigenvalue weighted by Gasteiger charge is -2.26. The van der Waals surface area contributed by atoms with Crippen LogP contribution in [0.5, 0.6) is 0 Å². The second-order valence-corrected chi connectivity index (χ2v) is 7.37. The molecule has 0 spiro atoms. The summed E-state index contributed by atoms with van der Waals surface area (Å²) in [5.41, 5.74) is 1.37. The van der Waals surface area contributed by atoms with Gasteiger partial charge in [-0.2, -0.15) is 0 Å². The van der Waals surface area contributed by atoms with Gasteiger partial charge in [0.25, 0.3) is 0 Å². The number of rotatable bonds is 10. The molecule has 5 heteroatoms. The molecule has 2 N–H and O–H groups in total. The molecule has 2 atom stereocenters. The van der Waals surface area contributed by atoms with E-state index in [0.717, 1.165) is 57.7 Å². The van der Waals surface area contributed by atoms with Gasteiger partial charge in [-0.25, -0.2) is 0 Å². The van der Waals surface area contributed by atoms with Gasteiger partial charge in [-0.15, -0.1) is 0 Å². The number of hydrogen-bond donors (Lipinski definition) is 2. The van der Waals surface area contributed by atoms with Crippen molar-refractivity contribution in [2.75, 3.05) is 19.6 Å². The first-order valence-electron chi connectivity index (χ1n) is 10.5. The molecule has 2 rings (SSSR count). The fourth-order valence-electron chi connectivity index (χ4n) is 3.61. The maximum atomic E-state index is 12.0. The minimum atomic E-state index is 0.311. The van der Waals surface area contributed by atoms with Crippen molar-refractivity contribution in [2.45, 2.75) is 71.4 Å². The van der Waals surface area contributed by atoms with Crippen LogP contribution in [0.15, 0.2) is 35.3 Å². The highest BCUT2D eigenvalue weighted by atomic mass is 16.2. The van der Waals surface area contributed by atoms with E-state index in [2.05, 4.69) is 66.6 Å². The number of benzene rings is 1. The maximum absolute atomic E-state index is 12.0. The Balaban J connectivity index is 1.80. The molecule has 1 aromatic carbocycles. The molecule has 2 unspecified atom stereocenters. The summed E-state index contributed by atoms with van der Waals surface area (Å²) in [6, 6.07) is 11.3. The standard InChI is InChI=1S/C22H36N4O/c1-4-20(26-17-9-12-21(26)27)15-16-24-22(23-5-2)25-18(3)13-14-19-10-7-6-8-11-19/h6-8,10-11,18,20H,4-5,9,12-17H2,1-3H3,(H2,23,24,25). The zero-order valence-corrected chi connectivity index (χ0v) is 17.2. The summed E-state index contributed by atoms with van der Waals surface area (Å²) in [5.74, 6) is 1.19. The number of guanidine groups is 1. The van der Waals surface area contributed by atoms with Gasteiger partial charge in [0.2, 0.25) is 5.91 Å². The van der Waals surface area contributed by atoms with Crippen LogP contribution in [-0.4, -0.2) is 48.5 Å². The smallest absolute Gasteiger partial charge is 0.222 e. The van der Waals surface area contributed by atoms with E-state index < -0.39 is 0 Å². The summed E-state index contributed by atoms with van der Waals surface area (Å²) < 4.78 is 0. The first-order chi connectivity index (χ1) is 13.1. The van der Waals surface area contributed by atoms with Crippen LogP contribution in [0.3, 0.4) is 0 Å². The van der Waals surface area contributed by atoms with Gasteiger partial charge < -0.3 is 15.5 Å². The van der Waals surface area contributed by atoms with Gasteiger partial charge in [0.15, 0.2) is 5.96 Å². The SMILES string of the molecule is CCNC(=NCCC(CC)N1CCCC1=O)NC(C)CCc1ccccc1. The van der Waals surface area contributed by atoms with Gasteiger partial charge in [-0.05, 0) is 51.5 Å². The summed E-state index contributed by atoms with van der Waals surface area (Å²) >= 11 is 0. The Morgan fingerprint density at radius 1 is 1.22 bits per heavy atom. The van der Waals surface area contributed by atoms with Gasteiger partial charge in [0, 0.05) is 38.1 Å². The molecule has 150 valence electrons. The van der Waals surface area contributed by atoms with Crippen LogP contribution in [0.25, 0.3) is 0 Å². The number of carbonyl (C=O) groups is 1.